The number of benzene rings is 1. The largest absolute Gasteiger partial charge is 0.366 e. The monoisotopic (exact) mass is 417 g/mol. The molecule has 0 saturated carbocycles. The molecule has 10 heteroatoms. The second-order valence-electron chi connectivity index (χ2n) is 6.24. The number of hydrogen-bond donors (Lipinski definition) is 4. The minimum atomic E-state index is -0.749. The number of nitrogens with zero attached hydrogens (tertiary/aromatic N) is 1. The van der Waals surface area contributed by atoms with Crippen LogP contribution in [-0.2, 0) is 16.1 Å². The van der Waals surface area contributed by atoms with Crippen molar-refractivity contribution in [1.29, 1.82) is 0 Å². The molecule has 2 aromatic rings. The molecule has 0 aliphatic heterocycles. The Hall–Kier alpha value is -3.24. The van der Waals surface area contributed by atoms with Crippen LogP contribution in [-0.4, -0.2) is 48.2 Å². The topological polar surface area (TPSA) is 148 Å². The number of anilines is 1. The van der Waals surface area contributed by atoms with Crippen molar-refractivity contribution in [3.05, 3.63) is 51.7 Å². The van der Waals surface area contributed by atoms with E-state index in [4.69, 9.17) is 11.5 Å². The molecule has 154 valence electrons. The minimum absolute atomic E-state index is 0.0460. The number of likely N-dealkylation sites (N-methyl/N-ethyl adjacent to an activating group) is 1. The van der Waals surface area contributed by atoms with E-state index in [2.05, 4.69) is 10.6 Å². The van der Waals surface area contributed by atoms with E-state index in [1.165, 1.54) is 18.2 Å². The van der Waals surface area contributed by atoms with Gasteiger partial charge in [0.2, 0.25) is 23.6 Å². The van der Waals surface area contributed by atoms with Gasteiger partial charge in [0, 0.05) is 21.7 Å². The molecule has 0 bridgehead atoms. The predicted octanol–water partition coefficient (Wildman–Crippen LogP) is 0.523. The number of amides is 4. The van der Waals surface area contributed by atoms with E-state index >= 15 is 0 Å². The number of thiophene rings is 1. The third kappa shape index (κ3) is 7.01. The Morgan fingerprint density at radius 2 is 1.62 bits per heavy atom. The molecular formula is C19H23N5O4S. The Morgan fingerprint density at radius 1 is 1.00 bits per heavy atom. The van der Waals surface area contributed by atoms with E-state index in [1.807, 2.05) is 24.4 Å². The fourth-order valence-electron chi connectivity index (χ4n) is 2.53. The average Bonchev–Trinajstić information content (AvgIpc) is 3.19. The number of primary amides is 2. The van der Waals surface area contributed by atoms with E-state index < -0.39 is 17.7 Å². The Morgan fingerprint density at radius 3 is 2.14 bits per heavy atom. The number of carbonyl (C=O) groups excluding carboxylic acids is 4. The molecule has 1 aromatic heterocycles. The smallest absolute Gasteiger partial charge is 0.248 e. The molecule has 0 spiro atoms. The SMILES string of the molecule is CCN(CC(=O)NCc1cccs1)CC(=O)Nc1cc(C(N)=O)cc(C(N)=O)c1. The lowest BCUT2D eigenvalue weighted by Gasteiger charge is -2.19. The summed E-state index contributed by atoms with van der Waals surface area (Å²) in [5.74, 6) is -2.10. The molecule has 1 heterocycles. The van der Waals surface area contributed by atoms with Crippen molar-refractivity contribution < 1.29 is 19.2 Å². The fraction of sp³-hybridized carbons (Fsp3) is 0.263. The first kappa shape index (κ1) is 22.1. The number of nitrogens with two attached hydrogens (primary N) is 2. The lowest BCUT2D eigenvalue weighted by molar-refractivity contribution is -0.123. The molecule has 0 aliphatic rings. The zero-order chi connectivity index (χ0) is 21.4. The summed E-state index contributed by atoms with van der Waals surface area (Å²) in [7, 11) is 0. The molecule has 6 N–H and O–H groups in total. The first-order valence-electron chi connectivity index (χ1n) is 8.84. The summed E-state index contributed by atoms with van der Waals surface area (Å²) < 4.78 is 0. The van der Waals surface area contributed by atoms with Gasteiger partial charge in [0.25, 0.3) is 0 Å². The maximum absolute atomic E-state index is 12.4. The highest BCUT2D eigenvalue weighted by atomic mass is 32.1. The van der Waals surface area contributed by atoms with Gasteiger partial charge < -0.3 is 22.1 Å². The minimum Gasteiger partial charge on any atom is -0.366 e. The van der Waals surface area contributed by atoms with Gasteiger partial charge in [-0.05, 0) is 36.2 Å². The van der Waals surface area contributed by atoms with Crippen LogP contribution in [0.3, 0.4) is 0 Å². The van der Waals surface area contributed by atoms with Crippen molar-refractivity contribution in [2.45, 2.75) is 13.5 Å². The van der Waals surface area contributed by atoms with Crippen molar-refractivity contribution in [2.24, 2.45) is 11.5 Å². The predicted molar refractivity (Wildman–Crippen MR) is 110 cm³/mol. The molecule has 0 unspecified atom stereocenters. The van der Waals surface area contributed by atoms with Crippen molar-refractivity contribution in [3.63, 3.8) is 0 Å². The average molecular weight is 417 g/mol. The van der Waals surface area contributed by atoms with Gasteiger partial charge in [-0.15, -0.1) is 11.3 Å². The summed E-state index contributed by atoms with van der Waals surface area (Å²) in [6, 6.07) is 7.81. The fourth-order valence-corrected chi connectivity index (χ4v) is 3.17. The first-order chi connectivity index (χ1) is 13.8. The Bertz CT molecular complexity index is 866. The van der Waals surface area contributed by atoms with Crippen molar-refractivity contribution in [2.75, 3.05) is 25.0 Å². The summed E-state index contributed by atoms with van der Waals surface area (Å²) in [6.45, 7) is 2.77. The van der Waals surface area contributed by atoms with Gasteiger partial charge in [0.15, 0.2) is 0 Å². The zero-order valence-electron chi connectivity index (χ0n) is 15.9. The van der Waals surface area contributed by atoms with Gasteiger partial charge in [-0.25, -0.2) is 0 Å². The van der Waals surface area contributed by atoms with Gasteiger partial charge in [-0.2, -0.15) is 0 Å². The summed E-state index contributed by atoms with van der Waals surface area (Å²) in [6.07, 6.45) is 0. The Kier molecular flexibility index (Phi) is 7.87. The molecular weight excluding hydrogens is 394 g/mol. The molecule has 0 fully saturated rings. The third-order valence-electron chi connectivity index (χ3n) is 4.01. The highest BCUT2D eigenvalue weighted by Crippen LogP contribution is 2.15. The van der Waals surface area contributed by atoms with Gasteiger partial charge in [-0.1, -0.05) is 13.0 Å². The summed E-state index contributed by atoms with van der Waals surface area (Å²) >= 11 is 1.55. The molecule has 0 aliphatic carbocycles. The molecule has 29 heavy (non-hydrogen) atoms. The van der Waals surface area contributed by atoms with E-state index in [0.29, 0.717) is 13.1 Å². The first-order valence-corrected chi connectivity index (χ1v) is 9.72. The summed E-state index contributed by atoms with van der Waals surface area (Å²) in [4.78, 5) is 50.0. The summed E-state index contributed by atoms with van der Waals surface area (Å²) in [5, 5.41) is 7.34. The van der Waals surface area contributed by atoms with E-state index in [-0.39, 0.29) is 35.8 Å². The molecule has 1 aromatic carbocycles. The van der Waals surface area contributed by atoms with E-state index in [0.717, 1.165) is 4.88 Å². The molecule has 0 saturated heterocycles. The van der Waals surface area contributed by atoms with Crippen LogP contribution in [0.1, 0.15) is 32.5 Å². The highest BCUT2D eigenvalue weighted by Gasteiger charge is 2.15. The van der Waals surface area contributed by atoms with Crippen LogP contribution < -0.4 is 22.1 Å². The molecule has 0 radical (unpaired) electrons. The quantitative estimate of drug-likeness (QED) is 0.445. The second-order valence-corrected chi connectivity index (χ2v) is 7.27. The molecule has 0 atom stereocenters. The molecule has 2 rings (SSSR count). The van der Waals surface area contributed by atoms with Gasteiger partial charge in [0.1, 0.15) is 0 Å². The normalized spacial score (nSPS) is 10.6. The number of hydrogen-bond acceptors (Lipinski definition) is 6. The number of carbonyl (C=O) groups is 4. The Balaban J connectivity index is 1.94. The summed E-state index contributed by atoms with van der Waals surface area (Å²) in [5.41, 5.74) is 10.8. The molecule has 9 nitrogen and oxygen atoms in total. The van der Waals surface area contributed by atoms with Crippen LogP contribution in [0, 0.1) is 0 Å². The van der Waals surface area contributed by atoms with Gasteiger partial charge >= 0.3 is 0 Å². The third-order valence-corrected chi connectivity index (χ3v) is 4.88. The van der Waals surface area contributed by atoms with Gasteiger partial charge in [0.05, 0.1) is 19.6 Å². The maximum atomic E-state index is 12.4. The van der Waals surface area contributed by atoms with Crippen LogP contribution in [0.2, 0.25) is 0 Å². The van der Waals surface area contributed by atoms with Crippen LogP contribution >= 0.6 is 11.3 Å². The van der Waals surface area contributed by atoms with E-state index in [1.54, 1.807) is 16.2 Å². The standard InChI is InChI=1S/C19H23N5O4S/c1-2-24(10-16(25)22-9-15-4-3-5-29-15)11-17(26)23-14-7-12(18(20)27)6-13(8-14)19(21)28/h3-8H,2,9-11H2,1H3,(H2,20,27)(H2,21,28)(H,22,25)(H,23,26). The number of rotatable bonds is 10. The van der Waals surface area contributed by atoms with Crippen LogP contribution in [0.5, 0.6) is 0 Å². The lowest BCUT2D eigenvalue weighted by Crippen LogP contribution is -2.40. The van der Waals surface area contributed by atoms with Gasteiger partial charge in [-0.3, -0.25) is 24.1 Å². The van der Waals surface area contributed by atoms with Crippen LogP contribution in [0.25, 0.3) is 0 Å². The van der Waals surface area contributed by atoms with Crippen molar-refractivity contribution in [3.8, 4) is 0 Å². The van der Waals surface area contributed by atoms with Crippen molar-refractivity contribution >= 4 is 40.7 Å². The molecule has 4 amide bonds. The maximum Gasteiger partial charge on any atom is 0.248 e. The lowest BCUT2D eigenvalue weighted by atomic mass is 10.1. The second kappa shape index (κ2) is 10.3. The van der Waals surface area contributed by atoms with Crippen molar-refractivity contribution in [1.82, 2.24) is 10.2 Å². The van der Waals surface area contributed by atoms with Crippen LogP contribution in [0.4, 0.5) is 5.69 Å². The van der Waals surface area contributed by atoms with Crippen LogP contribution in [0.15, 0.2) is 35.7 Å². The highest BCUT2D eigenvalue weighted by molar-refractivity contribution is 7.09. The van der Waals surface area contributed by atoms with E-state index in [9.17, 15) is 19.2 Å². The Labute approximate surface area is 172 Å². The number of nitrogens with one attached hydrogen (secondary N) is 2. The zero-order valence-corrected chi connectivity index (χ0v) is 16.8.